The number of rotatable bonds is 10. The Hall–Kier alpha value is -3.08. The van der Waals surface area contributed by atoms with E-state index in [1.807, 2.05) is 44.2 Å². The highest BCUT2D eigenvalue weighted by atomic mass is 32.2. The number of hydrogen-bond acceptors (Lipinski definition) is 8. The van der Waals surface area contributed by atoms with Crippen LogP contribution in [0.15, 0.2) is 59.5 Å². The molecule has 0 bridgehead atoms. The molecule has 12 heteroatoms. The molecule has 226 valence electrons. The molecule has 2 aliphatic rings. The Kier molecular flexibility index (Phi) is 10.9. The molecule has 2 fully saturated rings. The number of hydrogen-bond donors (Lipinski definition) is 1. The van der Waals surface area contributed by atoms with Crippen molar-refractivity contribution in [2.45, 2.75) is 54.7 Å². The average molecular weight is 616 g/mol. The Morgan fingerprint density at radius 1 is 1.10 bits per heavy atom. The number of thioether (sulfide) groups is 1. The molecule has 2 atom stereocenters. The molecule has 42 heavy (non-hydrogen) atoms. The number of sulfonamides is 1. The van der Waals surface area contributed by atoms with Gasteiger partial charge < -0.3 is 14.4 Å². The van der Waals surface area contributed by atoms with Crippen molar-refractivity contribution in [2.75, 3.05) is 39.5 Å². The van der Waals surface area contributed by atoms with Crippen LogP contribution < -0.4 is 10.2 Å². The molecule has 1 N–H and O–H groups in total. The number of ether oxygens (including phenoxy) is 2. The molecule has 2 aromatic carbocycles. The first-order valence-electron chi connectivity index (χ1n) is 13.7. The van der Waals surface area contributed by atoms with Crippen molar-refractivity contribution < 1.29 is 32.3 Å². The number of nitrogens with one attached hydrogen (secondary N) is 1. The van der Waals surface area contributed by atoms with Gasteiger partial charge in [0.2, 0.25) is 15.9 Å². The molecule has 2 heterocycles. The summed E-state index contributed by atoms with van der Waals surface area (Å²) in [6, 6.07) is 14.3. The van der Waals surface area contributed by atoms with E-state index in [0.29, 0.717) is 32.1 Å². The van der Waals surface area contributed by atoms with Crippen LogP contribution in [0.4, 0.5) is 0 Å². The van der Waals surface area contributed by atoms with E-state index in [1.54, 1.807) is 24.0 Å². The zero-order valence-electron chi connectivity index (χ0n) is 24.1. The molecule has 0 saturated carbocycles. The summed E-state index contributed by atoms with van der Waals surface area (Å²) in [6.07, 6.45) is 0.143. The van der Waals surface area contributed by atoms with Crippen LogP contribution in [0, 0.1) is 11.8 Å². The van der Waals surface area contributed by atoms with Crippen molar-refractivity contribution in [1.82, 2.24) is 14.7 Å². The van der Waals surface area contributed by atoms with Gasteiger partial charge in [0.1, 0.15) is 18.4 Å². The molecular weight excluding hydrogens is 578 g/mol. The summed E-state index contributed by atoms with van der Waals surface area (Å²) in [5.41, 5.74) is 3.33. The van der Waals surface area contributed by atoms with Crippen molar-refractivity contribution >= 4 is 33.6 Å². The van der Waals surface area contributed by atoms with Crippen molar-refractivity contribution in [2.24, 2.45) is 0 Å². The lowest BCUT2D eigenvalue weighted by atomic mass is 10.0. The van der Waals surface area contributed by atoms with Crippen LogP contribution in [0.25, 0.3) is 0 Å². The van der Waals surface area contributed by atoms with Gasteiger partial charge in [-0.2, -0.15) is 4.31 Å². The number of carbonyl (C=O) groups excluding carboxylic acids is 2. The number of morpholine rings is 1. The van der Waals surface area contributed by atoms with E-state index >= 15 is 0 Å². The molecule has 0 aromatic heterocycles. The van der Waals surface area contributed by atoms with E-state index in [2.05, 4.69) is 17.3 Å². The molecule has 10 nitrogen and oxygen atoms in total. The number of benzene rings is 2. The zero-order valence-corrected chi connectivity index (χ0v) is 25.7. The van der Waals surface area contributed by atoms with Crippen molar-refractivity contribution in [3.8, 4) is 17.6 Å². The van der Waals surface area contributed by atoms with Gasteiger partial charge in [0.15, 0.2) is 0 Å². The minimum atomic E-state index is -4.16. The molecule has 0 spiro atoms. The third-order valence-electron chi connectivity index (χ3n) is 6.99. The number of amides is 2. The first-order chi connectivity index (χ1) is 20.1. The quantitative estimate of drug-likeness (QED) is 0.321. The fourth-order valence-electron chi connectivity index (χ4n) is 4.97. The van der Waals surface area contributed by atoms with Crippen LogP contribution >= 0.6 is 11.8 Å². The molecule has 2 aromatic rings. The number of hydroxylamine groups is 1. The lowest BCUT2D eigenvalue weighted by Crippen LogP contribution is -2.63. The van der Waals surface area contributed by atoms with Crippen molar-refractivity contribution in [1.29, 1.82) is 0 Å². The second-order valence-corrected chi connectivity index (χ2v) is 14.3. The Bertz CT molecular complexity index is 1380. The lowest BCUT2D eigenvalue weighted by molar-refractivity contribution is -0.139. The predicted molar refractivity (Wildman–Crippen MR) is 160 cm³/mol. The van der Waals surface area contributed by atoms with Gasteiger partial charge in [0.25, 0.3) is 5.91 Å². The second-order valence-electron chi connectivity index (χ2n) is 10.4. The molecule has 2 aliphatic heterocycles. The summed E-state index contributed by atoms with van der Waals surface area (Å²) in [6.45, 7) is 7.60. The lowest BCUT2D eigenvalue weighted by Gasteiger charge is -2.47. The fourth-order valence-corrected chi connectivity index (χ4v) is 8.57. The van der Waals surface area contributed by atoms with Crippen LogP contribution in [-0.4, -0.2) is 84.9 Å². The molecule has 0 radical (unpaired) electrons. The largest absolute Gasteiger partial charge is 0.481 e. The molecule has 2 saturated heterocycles. The van der Waals surface area contributed by atoms with E-state index in [0.717, 1.165) is 5.56 Å². The summed E-state index contributed by atoms with van der Waals surface area (Å²) in [4.78, 5) is 34.0. The van der Waals surface area contributed by atoms with E-state index in [-0.39, 0.29) is 42.2 Å². The van der Waals surface area contributed by atoms with Crippen LogP contribution in [0.1, 0.15) is 32.8 Å². The van der Waals surface area contributed by atoms with Gasteiger partial charge in [0.05, 0.1) is 24.7 Å². The normalized spacial score (nSPS) is 20.7. The Morgan fingerprint density at radius 3 is 2.45 bits per heavy atom. The Morgan fingerprint density at radius 2 is 1.79 bits per heavy atom. The van der Waals surface area contributed by atoms with E-state index in [9.17, 15) is 18.0 Å². The smallest absolute Gasteiger partial charge is 0.263 e. The molecular formula is C30H37N3O7S2. The maximum absolute atomic E-state index is 14.1. The van der Waals surface area contributed by atoms with Gasteiger partial charge in [-0.1, -0.05) is 36.3 Å². The first kappa shape index (κ1) is 31.8. The van der Waals surface area contributed by atoms with Gasteiger partial charge in [-0.05, 0) is 50.6 Å². The highest BCUT2D eigenvalue weighted by Crippen LogP contribution is 2.43. The minimum absolute atomic E-state index is 0.0142. The van der Waals surface area contributed by atoms with Gasteiger partial charge in [-0.15, -0.1) is 17.7 Å². The van der Waals surface area contributed by atoms with Crippen LogP contribution in [-0.2, 0) is 35.8 Å². The minimum Gasteiger partial charge on any atom is -0.481 e. The van der Waals surface area contributed by atoms with Gasteiger partial charge in [0, 0.05) is 36.1 Å². The van der Waals surface area contributed by atoms with E-state index < -0.39 is 26.7 Å². The second kappa shape index (κ2) is 14.4. The Labute approximate surface area is 252 Å². The fraction of sp³-hybridized carbons (Fsp3) is 0.467. The number of nitrogens with zero attached hydrogens (tertiary/aromatic N) is 2. The summed E-state index contributed by atoms with van der Waals surface area (Å²) in [5.74, 6) is 5.37. The van der Waals surface area contributed by atoms with E-state index in [4.69, 9.17) is 14.3 Å². The van der Waals surface area contributed by atoms with Crippen LogP contribution in [0.5, 0.6) is 5.75 Å². The first-order valence-corrected chi connectivity index (χ1v) is 16.1. The molecule has 4 rings (SSSR count). The van der Waals surface area contributed by atoms with Crippen molar-refractivity contribution in [3.05, 3.63) is 60.2 Å². The van der Waals surface area contributed by atoms with Gasteiger partial charge in [-0.25, -0.2) is 13.9 Å². The molecule has 1 unspecified atom stereocenters. The topological polar surface area (TPSA) is 114 Å². The molecule has 0 aliphatic carbocycles. The van der Waals surface area contributed by atoms with Crippen LogP contribution in [0.2, 0.25) is 0 Å². The monoisotopic (exact) mass is 615 g/mol. The van der Waals surface area contributed by atoms with Crippen LogP contribution in [0.3, 0.4) is 0 Å². The maximum Gasteiger partial charge on any atom is 0.263 e. The van der Waals surface area contributed by atoms with Gasteiger partial charge >= 0.3 is 0 Å². The SMILES string of the molecule is CC#CCOc1ccc(S(=O)(=O)N2C[C@H](CC(=O)N3CCOCC3)SC(C)(C)C2C(=O)NOCc2ccccc2)cc1. The summed E-state index contributed by atoms with van der Waals surface area (Å²) in [7, 11) is -4.16. The van der Waals surface area contributed by atoms with Gasteiger partial charge in [-0.3, -0.25) is 14.4 Å². The highest BCUT2D eigenvalue weighted by molar-refractivity contribution is 8.01. The Balaban J connectivity index is 1.57. The summed E-state index contributed by atoms with van der Waals surface area (Å²) >= 11 is 1.44. The average Bonchev–Trinajstić information content (AvgIpc) is 2.97. The van der Waals surface area contributed by atoms with E-state index in [1.165, 1.54) is 28.2 Å². The predicted octanol–water partition coefficient (Wildman–Crippen LogP) is 2.84. The standard InChI is InChI=1S/C30H37N3O7S2/c1-4-5-17-39-24-11-13-26(14-12-24)42(36,37)33-21-25(20-27(34)32-15-18-38-19-16-32)41-30(2,3)28(33)29(35)31-40-22-23-9-7-6-8-10-23/h6-14,25,28H,15-22H2,1-3H3,(H,31,35)/t25-,28?/m0/s1. The molecule has 2 amide bonds. The highest BCUT2D eigenvalue weighted by Gasteiger charge is 2.51. The maximum atomic E-state index is 14.1. The number of carbonyl (C=O) groups is 2. The zero-order chi connectivity index (χ0) is 30.2. The van der Waals surface area contributed by atoms with Crippen molar-refractivity contribution in [3.63, 3.8) is 0 Å². The third-order valence-corrected chi connectivity index (χ3v) is 10.3. The summed E-state index contributed by atoms with van der Waals surface area (Å²) in [5, 5.41) is -0.366. The summed E-state index contributed by atoms with van der Waals surface area (Å²) < 4.78 is 39.4. The third kappa shape index (κ3) is 8.05.